The Hall–Kier alpha value is -3.61. The van der Waals surface area contributed by atoms with Crippen molar-refractivity contribution in [1.82, 2.24) is 14.7 Å². The monoisotopic (exact) mass is 657 g/mol. The van der Waals surface area contributed by atoms with Gasteiger partial charge in [0, 0.05) is 52.0 Å². The summed E-state index contributed by atoms with van der Waals surface area (Å²) in [7, 11) is 0. The molecule has 0 atom stereocenters. The lowest BCUT2D eigenvalue weighted by atomic mass is 9.95. The van der Waals surface area contributed by atoms with Crippen LogP contribution in [0, 0.1) is 6.92 Å². The van der Waals surface area contributed by atoms with Gasteiger partial charge in [0.2, 0.25) is 0 Å². The lowest BCUT2D eigenvalue weighted by molar-refractivity contribution is 0.294. The summed E-state index contributed by atoms with van der Waals surface area (Å²) < 4.78 is 13.7. The lowest BCUT2D eigenvalue weighted by Crippen LogP contribution is -2.36. The smallest absolute Gasteiger partial charge is 0.148 e. The second-order valence-electron chi connectivity index (χ2n) is 14.5. The van der Waals surface area contributed by atoms with Gasteiger partial charge in [-0.25, -0.2) is 4.39 Å². The maximum Gasteiger partial charge on any atom is 0.148 e. The third kappa shape index (κ3) is 7.84. The molecule has 0 saturated heterocycles. The highest BCUT2D eigenvalue weighted by Crippen LogP contribution is 2.41. The van der Waals surface area contributed by atoms with Crippen LogP contribution in [0.25, 0.3) is 35.1 Å². The average Bonchev–Trinajstić information content (AvgIpc) is 3.61. The van der Waals surface area contributed by atoms with Gasteiger partial charge in [0.15, 0.2) is 0 Å². The fraction of sp³-hybridized carbons (Fsp3) is 0.350. The van der Waals surface area contributed by atoms with Gasteiger partial charge in [0.1, 0.15) is 5.83 Å². The minimum Gasteiger partial charge on any atom is -0.343 e. The third-order valence-electron chi connectivity index (χ3n) is 7.75. The van der Waals surface area contributed by atoms with Gasteiger partial charge in [-0.3, -0.25) is 0 Å². The predicted octanol–water partition coefficient (Wildman–Crippen LogP) is 12.6. The molecule has 3 nitrogen and oxygen atoms in total. The quantitative estimate of drug-likeness (QED) is 0.238. The van der Waals surface area contributed by atoms with Crippen LogP contribution in [0.1, 0.15) is 107 Å². The minimum atomic E-state index is -0.173. The molecule has 1 aromatic carbocycles. The zero-order valence-electron chi connectivity index (χ0n) is 28.6. The summed E-state index contributed by atoms with van der Waals surface area (Å²) in [5.41, 5.74) is 8.89. The molecular formula is C40H52FN3S2. The van der Waals surface area contributed by atoms with E-state index >= 15 is 0 Å². The van der Waals surface area contributed by atoms with E-state index in [1.54, 1.807) is 17.4 Å². The largest absolute Gasteiger partial charge is 0.343 e. The minimum absolute atomic E-state index is 0. The Labute approximate surface area is 286 Å². The van der Waals surface area contributed by atoms with Crippen LogP contribution in [0.5, 0.6) is 0 Å². The van der Waals surface area contributed by atoms with E-state index in [1.165, 1.54) is 44.7 Å². The van der Waals surface area contributed by atoms with Crippen molar-refractivity contribution in [3.63, 3.8) is 0 Å². The third-order valence-corrected chi connectivity index (χ3v) is 9.69. The van der Waals surface area contributed by atoms with Crippen LogP contribution in [0.2, 0.25) is 0 Å². The molecule has 0 saturated carbocycles. The van der Waals surface area contributed by atoms with Gasteiger partial charge in [0.05, 0.1) is 21.1 Å². The molecule has 0 radical (unpaired) electrons. The van der Waals surface area contributed by atoms with Crippen molar-refractivity contribution in [1.29, 1.82) is 0 Å². The normalized spacial score (nSPS) is 15.5. The van der Waals surface area contributed by atoms with Gasteiger partial charge in [-0.05, 0) is 115 Å². The van der Waals surface area contributed by atoms with Crippen molar-refractivity contribution in [2.45, 2.75) is 93.3 Å². The highest BCUT2D eigenvalue weighted by atomic mass is 32.1. The fourth-order valence-electron chi connectivity index (χ4n) is 5.44. The van der Waals surface area contributed by atoms with Crippen LogP contribution in [0.4, 0.5) is 4.39 Å². The molecule has 6 heteroatoms. The van der Waals surface area contributed by atoms with Crippen molar-refractivity contribution in [3.05, 3.63) is 117 Å². The van der Waals surface area contributed by atoms with E-state index in [0.717, 1.165) is 22.0 Å². The Bertz CT molecular complexity index is 1690. The Morgan fingerprint density at radius 1 is 0.609 bits per heavy atom. The maximum atomic E-state index is 13.7. The van der Waals surface area contributed by atoms with Crippen molar-refractivity contribution in [2.75, 3.05) is 0 Å². The van der Waals surface area contributed by atoms with Gasteiger partial charge in [-0.1, -0.05) is 50.9 Å². The zero-order valence-corrected chi connectivity index (χ0v) is 30.2. The van der Waals surface area contributed by atoms with Crippen LogP contribution in [0.15, 0.2) is 79.4 Å². The summed E-state index contributed by atoms with van der Waals surface area (Å²) >= 11 is 3.30. The van der Waals surface area contributed by atoms with Crippen molar-refractivity contribution < 1.29 is 4.39 Å². The van der Waals surface area contributed by atoms with E-state index in [0.29, 0.717) is 5.56 Å². The fourth-order valence-corrected chi connectivity index (χ4v) is 7.17. The molecule has 5 heterocycles. The molecule has 3 aromatic rings. The standard InChI is InChI=1S/C15H19N.C12H14FNS.C12H15NS.CH4/c1-11-6-7-14-12(2)16(15(3,4)5)9-8-13(14)10-11;1-8-11-9(5-6-15-11)10(13)7-14(8)12(2,3)4;1-9-11-10(6-8-14-11)5-7-13(9)12(2,3)4;/h6-10H,2H2,1,3-5H3;5-7H,1H2,2-4H3;5-8H,1H2,2-4H3;1H4. The summed E-state index contributed by atoms with van der Waals surface area (Å²) in [5, 5.41) is 4.02. The Balaban J connectivity index is 0.000000186. The molecule has 0 aliphatic carbocycles. The van der Waals surface area contributed by atoms with Crippen molar-refractivity contribution >= 4 is 57.7 Å². The topological polar surface area (TPSA) is 9.72 Å². The van der Waals surface area contributed by atoms with E-state index in [4.69, 9.17) is 0 Å². The van der Waals surface area contributed by atoms with Gasteiger partial charge < -0.3 is 14.7 Å². The van der Waals surface area contributed by atoms with E-state index in [2.05, 4.69) is 132 Å². The summed E-state index contributed by atoms with van der Waals surface area (Å²) in [4.78, 5) is 8.57. The first-order valence-electron chi connectivity index (χ1n) is 15.3. The van der Waals surface area contributed by atoms with Crippen molar-refractivity contribution in [3.8, 4) is 0 Å². The molecule has 6 rings (SSSR count). The second-order valence-corrected chi connectivity index (χ2v) is 16.4. The first-order valence-corrected chi connectivity index (χ1v) is 17.0. The number of aryl methyl sites for hydroxylation is 1. The number of hydrogen-bond donors (Lipinski definition) is 0. The highest BCUT2D eigenvalue weighted by molar-refractivity contribution is 7.11. The van der Waals surface area contributed by atoms with Gasteiger partial charge in [-0.2, -0.15) is 0 Å². The maximum absolute atomic E-state index is 13.7. The highest BCUT2D eigenvalue weighted by Gasteiger charge is 2.29. The number of benzene rings is 1. The number of hydrogen-bond acceptors (Lipinski definition) is 5. The molecule has 0 fully saturated rings. The predicted molar refractivity (Wildman–Crippen MR) is 206 cm³/mol. The number of nitrogens with zero attached hydrogens (tertiary/aromatic N) is 3. The zero-order chi connectivity index (χ0) is 33.5. The Morgan fingerprint density at radius 2 is 1.11 bits per heavy atom. The summed E-state index contributed by atoms with van der Waals surface area (Å²) in [6.07, 6.45) is 10.1. The summed E-state index contributed by atoms with van der Waals surface area (Å²) in [6.45, 7) is 33.8. The number of halogens is 1. The Kier molecular flexibility index (Phi) is 10.9. The van der Waals surface area contributed by atoms with E-state index < -0.39 is 0 Å². The second kappa shape index (κ2) is 13.6. The van der Waals surface area contributed by atoms with Crippen LogP contribution < -0.4 is 0 Å². The molecule has 0 amide bonds. The first kappa shape index (κ1) is 36.9. The molecule has 2 aromatic heterocycles. The molecule has 0 bridgehead atoms. The van der Waals surface area contributed by atoms with Gasteiger partial charge in [-0.15, -0.1) is 22.7 Å². The molecule has 46 heavy (non-hydrogen) atoms. The van der Waals surface area contributed by atoms with E-state index in [9.17, 15) is 4.39 Å². The van der Waals surface area contributed by atoms with Crippen molar-refractivity contribution in [2.24, 2.45) is 0 Å². The molecule has 246 valence electrons. The number of rotatable bonds is 0. The van der Waals surface area contributed by atoms with Gasteiger partial charge in [0.25, 0.3) is 0 Å². The van der Waals surface area contributed by atoms with Crippen LogP contribution in [-0.2, 0) is 0 Å². The van der Waals surface area contributed by atoms with E-state index in [1.807, 2.05) is 31.1 Å². The van der Waals surface area contributed by atoms with Crippen LogP contribution >= 0.6 is 22.7 Å². The SMILES string of the molecule is C.C=C1c2ccc(C)cc2C=CN1C(C)(C)C.C=C1c2sccc2C(F)=CN1C(C)(C)C.C=C1c2sccc2C=CN1C(C)(C)C. The van der Waals surface area contributed by atoms with Crippen LogP contribution in [0.3, 0.4) is 0 Å². The van der Waals surface area contributed by atoms with Gasteiger partial charge >= 0.3 is 0 Å². The lowest BCUT2D eigenvalue weighted by Gasteiger charge is -2.38. The molecule has 3 aliphatic heterocycles. The number of thiophene rings is 2. The average molecular weight is 658 g/mol. The van der Waals surface area contributed by atoms with E-state index in [-0.39, 0.29) is 29.9 Å². The summed E-state index contributed by atoms with van der Waals surface area (Å²) in [5.74, 6) is -0.173. The molecule has 0 N–H and O–H groups in total. The molecule has 0 unspecified atom stereocenters. The molecular weight excluding hydrogens is 606 g/mol. The summed E-state index contributed by atoms with van der Waals surface area (Å²) in [6, 6.07) is 10.5. The first-order chi connectivity index (χ1) is 20.8. The Morgan fingerprint density at radius 3 is 1.70 bits per heavy atom. The van der Waals surface area contributed by atoms with Crippen LogP contribution in [-0.4, -0.2) is 31.3 Å². The molecule has 0 spiro atoms. The molecule has 3 aliphatic rings. The number of fused-ring (bicyclic) bond motifs is 3.